The second-order valence-electron chi connectivity index (χ2n) is 4.41. The normalized spacial score (nSPS) is 11.9. The van der Waals surface area contributed by atoms with Gasteiger partial charge in [0.25, 0.3) is 0 Å². The number of nitrogens with zero attached hydrogens (tertiary/aromatic N) is 1. The molecule has 0 N–H and O–H groups in total. The minimum atomic E-state index is -4.94. The van der Waals surface area contributed by atoms with E-state index < -0.39 is 29.4 Å². The van der Waals surface area contributed by atoms with Crippen LogP contribution in [0.15, 0.2) is 42.5 Å². The van der Waals surface area contributed by atoms with Gasteiger partial charge in [0.15, 0.2) is 0 Å². The number of benzene rings is 2. The van der Waals surface area contributed by atoms with E-state index in [4.69, 9.17) is 5.26 Å². The molecule has 0 radical (unpaired) electrons. The van der Waals surface area contributed by atoms with Gasteiger partial charge in [-0.1, -0.05) is 24.3 Å². The highest BCUT2D eigenvalue weighted by Crippen LogP contribution is 2.37. The van der Waals surface area contributed by atoms with Crippen LogP contribution in [-0.2, 0) is 6.18 Å². The lowest BCUT2D eigenvalue weighted by Crippen LogP contribution is -2.17. The Balaban J connectivity index is 2.55. The lowest BCUT2D eigenvalue weighted by Gasteiger charge is -2.14. The van der Waals surface area contributed by atoms with E-state index in [1.165, 1.54) is 24.3 Å². The maximum atomic E-state index is 12.7. The summed E-state index contributed by atoms with van der Waals surface area (Å²) >= 11 is 0. The molecular weight excluding hydrogens is 324 g/mol. The van der Waals surface area contributed by atoms with Gasteiger partial charge in [-0.25, -0.2) is 0 Å². The first-order chi connectivity index (χ1) is 10.6. The van der Waals surface area contributed by atoms with Crippen molar-refractivity contribution >= 4 is 0 Å². The number of hydrogen-bond acceptors (Lipinski definition) is 2. The van der Waals surface area contributed by atoms with Crippen molar-refractivity contribution in [3.8, 4) is 22.9 Å². The zero-order valence-corrected chi connectivity index (χ0v) is 11.2. The molecule has 0 spiro atoms. The van der Waals surface area contributed by atoms with Crippen molar-refractivity contribution < 1.29 is 31.1 Å². The minimum absolute atomic E-state index is 0.00870. The van der Waals surface area contributed by atoms with E-state index in [0.29, 0.717) is 6.07 Å². The number of alkyl halides is 6. The molecular formula is C15H7F6NO. The molecule has 0 aliphatic rings. The molecule has 23 heavy (non-hydrogen) atoms. The van der Waals surface area contributed by atoms with Gasteiger partial charge in [-0.15, -0.1) is 13.2 Å². The zero-order chi connectivity index (χ0) is 17.3. The van der Waals surface area contributed by atoms with Gasteiger partial charge >= 0.3 is 12.5 Å². The summed E-state index contributed by atoms with van der Waals surface area (Å²) in [5.41, 5.74) is -1.90. The van der Waals surface area contributed by atoms with Crippen molar-refractivity contribution in [3.63, 3.8) is 0 Å². The second kappa shape index (κ2) is 5.83. The highest BCUT2D eigenvalue weighted by Gasteiger charge is 2.34. The molecule has 0 aliphatic heterocycles. The Bertz CT molecular complexity index is 758. The van der Waals surface area contributed by atoms with Crippen LogP contribution in [0.5, 0.6) is 5.75 Å². The fraction of sp³-hybridized carbons (Fsp3) is 0.133. The lowest BCUT2D eigenvalue weighted by atomic mass is 9.99. The average molecular weight is 331 g/mol. The zero-order valence-electron chi connectivity index (χ0n) is 11.2. The first kappa shape index (κ1) is 16.7. The van der Waals surface area contributed by atoms with Crippen molar-refractivity contribution in [1.82, 2.24) is 0 Å². The topological polar surface area (TPSA) is 33.0 Å². The highest BCUT2D eigenvalue weighted by atomic mass is 19.4. The molecule has 0 saturated heterocycles. The Hall–Kier alpha value is -2.69. The largest absolute Gasteiger partial charge is 0.573 e. The van der Waals surface area contributed by atoms with Crippen LogP contribution in [0.3, 0.4) is 0 Å². The van der Waals surface area contributed by atoms with Gasteiger partial charge in [0.2, 0.25) is 0 Å². The molecule has 2 aromatic carbocycles. The molecule has 0 bridgehead atoms. The molecule has 0 unspecified atom stereocenters. The lowest BCUT2D eigenvalue weighted by molar-refractivity contribution is -0.274. The number of nitriles is 1. The molecule has 0 aliphatic carbocycles. The third kappa shape index (κ3) is 3.94. The van der Waals surface area contributed by atoms with E-state index in [0.717, 1.165) is 18.2 Å². The van der Waals surface area contributed by atoms with E-state index in [2.05, 4.69) is 4.74 Å². The first-order valence-corrected chi connectivity index (χ1v) is 6.08. The predicted molar refractivity (Wildman–Crippen MR) is 68.3 cm³/mol. The van der Waals surface area contributed by atoms with E-state index in [9.17, 15) is 26.3 Å². The molecule has 2 nitrogen and oxygen atoms in total. The monoisotopic (exact) mass is 331 g/mol. The van der Waals surface area contributed by atoms with E-state index >= 15 is 0 Å². The van der Waals surface area contributed by atoms with E-state index in [1.807, 2.05) is 0 Å². The number of hydrogen-bond donors (Lipinski definition) is 0. The summed E-state index contributed by atoms with van der Waals surface area (Å²) in [5.74, 6) is -0.566. The number of halogens is 6. The third-order valence-electron chi connectivity index (χ3n) is 2.87. The molecule has 0 amide bonds. The van der Waals surface area contributed by atoms with Crippen LogP contribution in [0.4, 0.5) is 26.3 Å². The van der Waals surface area contributed by atoms with Crippen molar-refractivity contribution in [1.29, 1.82) is 5.26 Å². The summed E-state index contributed by atoms with van der Waals surface area (Å²) in [7, 11) is 0. The van der Waals surface area contributed by atoms with Gasteiger partial charge in [-0.05, 0) is 23.8 Å². The Morgan fingerprint density at radius 3 is 2.13 bits per heavy atom. The van der Waals surface area contributed by atoms with Crippen LogP contribution in [0.1, 0.15) is 11.1 Å². The van der Waals surface area contributed by atoms with Crippen LogP contribution in [0.25, 0.3) is 11.1 Å². The van der Waals surface area contributed by atoms with Crippen LogP contribution < -0.4 is 4.74 Å². The first-order valence-electron chi connectivity index (χ1n) is 6.08. The van der Waals surface area contributed by atoms with Gasteiger partial charge in [0.05, 0.1) is 17.2 Å². The molecule has 0 aromatic heterocycles. The third-order valence-corrected chi connectivity index (χ3v) is 2.87. The quantitative estimate of drug-likeness (QED) is 0.714. The average Bonchev–Trinajstić information content (AvgIpc) is 2.44. The molecule has 0 atom stereocenters. The van der Waals surface area contributed by atoms with Crippen molar-refractivity contribution in [3.05, 3.63) is 53.6 Å². The molecule has 0 fully saturated rings. The number of rotatable bonds is 2. The van der Waals surface area contributed by atoms with Crippen molar-refractivity contribution in [2.24, 2.45) is 0 Å². The Morgan fingerprint density at radius 1 is 0.913 bits per heavy atom. The summed E-state index contributed by atoms with van der Waals surface area (Å²) in [6.07, 6.45) is -9.67. The maximum Gasteiger partial charge on any atom is 0.573 e. The van der Waals surface area contributed by atoms with E-state index in [1.54, 1.807) is 0 Å². The summed E-state index contributed by atoms with van der Waals surface area (Å²) < 4.78 is 79.2. The Labute approximate surface area is 126 Å². The Morgan fingerprint density at radius 2 is 1.57 bits per heavy atom. The van der Waals surface area contributed by atoms with Crippen LogP contribution in [-0.4, -0.2) is 6.36 Å². The molecule has 0 saturated carbocycles. The maximum absolute atomic E-state index is 12.7. The minimum Gasteiger partial charge on any atom is -0.405 e. The summed E-state index contributed by atoms with van der Waals surface area (Å²) in [5, 5.41) is 8.85. The van der Waals surface area contributed by atoms with E-state index in [-0.39, 0.29) is 11.1 Å². The van der Waals surface area contributed by atoms with Gasteiger partial charge in [0.1, 0.15) is 5.75 Å². The van der Waals surface area contributed by atoms with Crippen LogP contribution in [0, 0.1) is 11.3 Å². The van der Waals surface area contributed by atoms with Gasteiger partial charge < -0.3 is 4.74 Å². The summed E-state index contributed by atoms with van der Waals surface area (Å²) in [6, 6.07) is 8.90. The predicted octanol–water partition coefficient (Wildman–Crippen LogP) is 5.14. The standard InChI is InChI=1S/C15H7F6NO/c16-14(17,18)12-6-5-9(7-10(12)8-22)11-3-1-2-4-13(11)23-15(19,20)21/h1-7H. The van der Waals surface area contributed by atoms with Gasteiger partial charge in [-0.3, -0.25) is 0 Å². The van der Waals surface area contributed by atoms with Crippen molar-refractivity contribution in [2.45, 2.75) is 12.5 Å². The molecule has 120 valence electrons. The van der Waals surface area contributed by atoms with Crippen LogP contribution >= 0.6 is 0 Å². The molecule has 8 heteroatoms. The smallest absolute Gasteiger partial charge is 0.405 e. The molecule has 2 rings (SSSR count). The SMILES string of the molecule is N#Cc1cc(-c2ccccc2OC(F)(F)F)ccc1C(F)(F)F. The highest BCUT2D eigenvalue weighted by molar-refractivity contribution is 5.72. The van der Waals surface area contributed by atoms with Gasteiger partial charge in [-0.2, -0.15) is 18.4 Å². The van der Waals surface area contributed by atoms with Crippen LogP contribution in [0.2, 0.25) is 0 Å². The number of ether oxygens (including phenoxy) is 1. The Kier molecular flexibility index (Phi) is 4.23. The summed E-state index contributed by atoms with van der Waals surface area (Å²) in [4.78, 5) is 0. The fourth-order valence-electron chi connectivity index (χ4n) is 1.97. The molecule has 0 heterocycles. The molecule has 2 aromatic rings. The van der Waals surface area contributed by atoms with Crippen molar-refractivity contribution in [2.75, 3.05) is 0 Å². The second-order valence-corrected chi connectivity index (χ2v) is 4.41. The number of para-hydroxylation sites is 1. The fourth-order valence-corrected chi connectivity index (χ4v) is 1.97. The van der Waals surface area contributed by atoms with Gasteiger partial charge in [0, 0.05) is 5.56 Å². The summed E-state index contributed by atoms with van der Waals surface area (Å²) in [6.45, 7) is 0.